The summed E-state index contributed by atoms with van der Waals surface area (Å²) in [5.74, 6) is 0.139. The van der Waals surface area contributed by atoms with E-state index in [4.69, 9.17) is 5.73 Å². The lowest BCUT2D eigenvalue weighted by molar-refractivity contribution is 1.12. The van der Waals surface area contributed by atoms with Gasteiger partial charge in [0, 0.05) is 38.0 Å². The van der Waals surface area contributed by atoms with E-state index in [2.05, 4.69) is 74.3 Å². The number of hydrogen-bond acceptors (Lipinski definition) is 3. The van der Waals surface area contributed by atoms with Gasteiger partial charge in [-0.1, -0.05) is 30.3 Å². The molecule has 0 atom stereocenters. The lowest BCUT2D eigenvalue weighted by Crippen LogP contribution is -2.06. The van der Waals surface area contributed by atoms with Crippen LogP contribution in [-0.4, -0.2) is 27.9 Å². The van der Waals surface area contributed by atoms with E-state index in [1.54, 1.807) is 11.3 Å². The van der Waals surface area contributed by atoms with Crippen molar-refractivity contribution < 1.29 is 0 Å². The maximum atomic E-state index is 5.85. The summed E-state index contributed by atoms with van der Waals surface area (Å²) in [5, 5.41) is 9.73. The average Bonchev–Trinajstić information content (AvgIpc) is 3.45. The molecule has 3 heterocycles. The first kappa shape index (κ1) is 17.4. The quantitative estimate of drug-likeness (QED) is 0.280. The molecule has 142 valence electrons. The normalized spacial score (nSPS) is 12.1. The van der Waals surface area contributed by atoms with Crippen LogP contribution in [0.25, 0.3) is 42.6 Å². The minimum Gasteiger partial charge on any atom is -0.368 e. The zero-order chi connectivity index (χ0) is 20.0. The predicted molar refractivity (Wildman–Crippen MR) is 122 cm³/mol. The third kappa shape index (κ3) is 2.83. The van der Waals surface area contributed by atoms with E-state index in [9.17, 15) is 0 Å². The Labute approximate surface area is 170 Å². The number of nitrogens with zero attached hydrogens (tertiary/aromatic N) is 3. The van der Waals surface area contributed by atoms with Crippen LogP contribution < -0.4 is 5.73 Å². The molecule has 0 amide bonds. The van der Waals surface area contributed by atoms with Crippen molar-refractivity contribution in [2.45, 2.75) is 6.92 Å². The third-order valence-electron chi connectivity index (χ3n) is 5.01. The number of nitrogens with two attached hydrogens (primary N) is 1. The summed E-state index contributed by atoms with van der Waals surface area (Å²) in [6.07, 6.45) is 3.80. The van der Waals surface area contributed by atoms with Gasteiger partial charge in [0.15, 0.2) is 0 Å². The van der Waals surface area contributed by atoms with Gasteiger partial charge < -0.3 is 10.7 Å². The van der Waals surface area contributed by atoms with Gasteiger partial charge in [0.05, 0.1) is 17.4 Å². The molecule has 0 aliphatic rings. The third-order valence-corrected chi connectivity index (χ3v) is 6.14. The molecular weight excluding hydrogens is 380 g/mol. The van der Waals surface area contributed by atoms with Gasteiger partial charge in [0.1, 0.15) is 0 Å². The smallest absolute Gasteiger partial charge is 0.219 e. The number of H-pyrrole nitrogens is 2. The summed E-state index contributed by atoms with van der Waals surface area (Å²) in [5.41, 5.74) is 11.6. The SMILES string of the molecule is C=NC(N)=Nc1c(-c2ccc3cn[nH]c3c2-c2cc3ccccc3s2)c[nH]c1C. The van der Waals surface area contributed by atoms with E-state index < -0.39 is 0 Å². The van der Waals surface area contributed by atoms with Crippen LogP contribution in [0.4, 0.5) is 5.69 Å². The molecule has 2 aromatic carbocycles. The van der Waals surface area contributed by atoms with E-state index in [1.807, 2.05) is 19.3 Å². The van der Waals surface area contributed by atoms with Crippen molar-refractivity contribution in [1.82, 2.24) is 15.2 Å². The number of benzene rings is 2. The summed E-state index contributed by atoms with van der Waals surface area (Å²) < 4.78 is 1.24. The predicted octanol–water partition coefficient (Wildman–Crippen LogP) is 5.39. The number of aryl methyl sites for hydroxylation is 1. The van der Waals surface area contributed by atoms with Crippen molar-refractivity contribution >= 4 is 50.7 Å². The van der Waals surface area contributed by atoms with Gasteiger partial charge >= 0.3 is 0 Å². The second-order valence-electron chi connectivity index (χ2n) is 6.77. The van der Waals surface area contributed by atoms with Gasteiger partial charge in [-0.3, -0.25) is 5.10 Å². The van der Waals surface area contributed by atoms with Crippen LogP contribution in [0.3, 0.4) is 0 Å². The molecule has 0 fully saturated rings. The van der Waals surface area contributed by atoms with Crippen molar-refractivity contribution in [2.75, 3.05) is 0 Å². The minimum absolute atomic E-state index is 0.139. The largest absolute Gasteiger partial charge is 0.368 e. The number of aliphatic imine (C=N–C) groups is 2. The molecule has 0 spiro atoms. The van der Waals surface area contributed by atoms with Gasteiger partial charge in [-0.2, -0.15) is 5.10 Å². The Bertz CT molecular complexity index is 1370. The molecule has 5 rings (SSSR count). The first-order chi connectivity index (χ1) is 14.2. The van der Waals surface area contributed by atoms with Crippen LogP contribution >= 0.6 is 11.3 Å². The molecule has 0 radical (unpaired) electrons. The molecule has 0 unspecified atom stereocenters. The Hall–Kier alpha value is -3.71. The fourth-order valence-electron chi connectivity index (χ4n) is 3.62. The molecule has 0 bridgehead atoms. The van der Waals surface area contributed by atoms with Gasteiger partial charge in [-0.05, 0) is 36.7 Å². The summed E-state index contributed by atoms with van der Waals surface area (Å²) in [7, 11) is 0. The number of thiophene rings is 1. The monoisotopic (exact) mass is 398 g/mol. The van der Waals surface area contributed by atoms with E-state index in [-0.39, 0.29) is 5.96 Å². The Kier molecular flexibility index (Phi) is 4.03. The van der Waals surface area contributed by atoms with Crippen LogP contribution in [0.5, 0.6) is 0 Å². The van der Waals surface area contributed by atoms with Gasteiger partial charge in [-0.25, -0.2) is 9.98 Å². The fraction of sp³-hybridized carbons (Fsp3) is 0.0455. The fourth-order valence-corrected chi connectivity index (χ4v) is 4.75. The first-order valence-corrected chi connectivity index (χ1v) is 9.91. The molecule has 0 saturated carbocycles. The molecule has 5 aromatic rings. The minimum atomic E-state index is 0.139. The maximum absolute atomic E-state index is 5.85. The lowest BCUT2D eigenvalue weighted by Gasteiger charge is -2.10. The second kappa shape index (κ2) is 6.72. The van der Waals surface area contributed by atoms with Crippen LogP contribution in [0.1, 0.15) is 5.69 Å². The van der Waals surface area contributed by atoms with E-state index >= 15 is 0 Å². The summed E-state index contributed by atoms with van der Waals surface area (Å²) in [6.45, 7) is 5.43. The maximum Gasteiger partial charge on any atom is 0.219 e. The molecule has 0 saturated heterocycles. The molecular formula is C22H18N6S. The number of rotatable bonds is 3. The highest BCUT2D eigenvalue weighted by atomic mass is 32.1. The number of aromatic nitrogens is 3. The van der Waals surface area contributed by atoms with Gasteiger partial charge in [-0.15, -0.1) is 11.3 Å². The number of aromatic amines is 2. The Balaban J connectivity index is 1.83. The number of guanidine groups is 1. The first-order valence-electron chi connectivity index (χ1n) is 9.10. The van der Waals surface area contributed by atoms with Crippen molar-refractivity contribution in [3.63, 3.8) is 0 Å². The number of fused-ring (bicyclic) bond motifs is 2. The van der Waals surface area contributed by atoms with Crippen LogP contribution in [0.2, 0.25) is 0 Å². The highest BCUT2D eigenvalue weighted by molar-refractivity contribution is 7.22. The molecule has 6 nitrogen and oxygen atoms in total. The van der Waals surface area contributed by atoms with Crippen LogP contribution in [0, 0.1) is 6.92 Å². The summed E-state index contributed by atoms with van der Waals surface area (Å²) >= 11 is 1.76. The van der Waals surface area contributed by atoms with Crippen molar-refractivity contribution in [1.29, 1.82) is 0 Å². The summed E-state index contributed by atoms with van der Waals surface area (Å²) in [6, 6.07) is 14.8. The highest BCUT2D eigenvalue weighted by Gasteiger charge is 2.19. The summed E-state index contributed by atoms with van der Waals surface area (Å²) in [4.78, 5) is 12.6. The molecule has 29 heavy (non-hydrogen) atoms. The highest BCUT2D eigenvalue weighted by Crippen LogP contribution is 2.45. The Morgan fingerprint density at radius 1 is 1.14 bits per heavy atom. The van der Waals surface area contributed by atoms with E-state index in [0.717, 1.165) is 39.0 Å². The zero-order valence-corrected chi connectivity index (χ0v) is 16.5. The van der Waals surface area contributed by atoms with Gasteiger partial charge in [0.25, 0.3) is 0 Å². The molecule has 0 aliphatic heterocycles. The van der Waals surface area contributed by atoms with Gasteiger partial charge in [0.2, 0.25) is 5.96 Å². The van der Waals surface area contributed by atoms with Crippen molar-refractivity contribution in [2.24, 2.45) is 15.7 Å². The molecule has 3 aromatic heterocycles. The standard InChI is InChI=1S/C22H18N6S/c1-12-20(27-22(23)24-2)16(11-25-12)15-8-7-14-10-26-28-21(14)19(15)18-9-13-5-3-4-6-17(13)29-18/h3-11,25H,2H2,1H3,(H2,23,27)(H,26,28). The van der Waals surface area contributed by atoms with Crippen LogP contribution in [-0.2, 0) is 0 Å². The Morgan fingerprint density at radius 3 is 2.83 bits per heavy atom. The molecule has 0 aliphatic carbocycles. The molecule has 7 heteroatoms. The topological polar surface area (TPSA) is 95.2 Å². The van der Waals surface area contributed by atoms with E-state index in [1.165, 1.54) is 15.0 Å². The zero-order valence-electron chi connectivity index (χ0n) is 15.7. The average molecular weight is 398 g/mol. The second-order valence-corrected chi connectivity index (χ2v) is 7.86. The Morgan fingerprint density at radius 2 is 2.00 bits per heavy atom. The molecule has 4 N–H and O–H groups in total. The number of hydrogen-bond donors (Lipinski definition) is 3. The van der Waals surface area contributed by atoms with Crippen molar-refractivity contribution in [3.8, 4) is 21.6 Å². The lowest BCUT2D eigenvalue weighted by atomic mass is 9.97. The van der Waals surface area contributed by atoms with E-state index in [0.29, 0.717) is 0 Å². The number of nitrogens with one attached hydrogen (secondary N) is 2. The van der Waals surface area contributed by atoms with Crippen molar-refractivity contribution in [3.05, 3.63) is 60.6 Å². The van der Waals surface area contributed by atoms with Crippen LogP contribution in [0.15, 0.2) is 64.8 Å².